The summed E-state index contributed by atoms with van der Waals surface area (Å²) in [6.07, 6.45) is 1.76. The fraction of sp³-hybridized carbons (Fsp3) is 0.409. The summed E-state index contributed by atoms with van der Waals surface area (Å²) in [6, 6.07) is 13.7. The van der Waals surface area contributed by atoms with Gasteiger partial charge in [-0.2, -0.15) is 0 Å². The van der Waals surface area contributed by atoms with Crippen LogP contribution in [0.3, 0.4) is 0 Å². The highest BCUT2D eigenvalue weighted by Crippen LogP contribution is 2.38. The van der Waals surface area contributed by atoms with Gasteiger partial charge in [0.1, 0.15) is 0 Å². The molecular formula is C22H29ClIN3O3. The van der Waals surface area contributed by atoms with Gasteiger partial charge in [-0.05, 0) is 42.2 Å². The molecule has 1 saturated heterocycles. The first-order chi connectivity index (χ1) is 14.1. The number of guanidine groups is 1. The van der Waals surface area contributed by atoms with E-state index >= 15 is 0 Å². The number of nitrogens with one attached hydrogen (secondary N) is 1. The lowest BCUT2D eigenvalue weighted by molar-refractivity contribution is 0.0514. The zero-order valence-corrected chi connectivity index (χ0v) is 20.4. The summed E-state index contributed by atoms with van der Waals surface area (Å²) in [5.41, 5.74) is 8.15. The van der Waals surface area contributed by atoms with Crippen molar-refractivity contribution in [1.82, 2.24) is 5.32 Å². The standard InChI is InChI=1S/C22H28ClN3O3.HI/c1-27-19-8-7-16(13-20(19)28-2)14-25-21(24)26-15-22(9-11-29-12-10-22)17-5-3-4-6-18(17)23;/h3-8,13H,9-12,14-15H2,1-2H3,(H3,24,25,26);1H. The van der Waals surface area contributed by atoms with Crippen LogP contribution < -0.4 is 20.5 Å². The Kier molecular flexibility index (Phi) is 9.51. The van der Waals surface area contributed by atoms with Gasteiger partial charge in [0.05, 0.1) is 20.8 Å². The first-order valence-electron chi connectivity index (χ1n) is 9.65. The molecule has 0 amide bonds. The predicted molar refractivity (Wildman–Crippen MR) is 131 cm³/mol. The summed E-state index contributed by atoms with van der Waals surface area (Å²) in [5.74, 6) is 1.76. The molecule has 2 aromatic rings. The van der Waals surface area contributed by atoms with Crippen LogP contribution in [0.25, 0.3) is 0 Å². The normalized spacial score (nSPS) is 15.8. The van der Waals surface area contributed by atoms with Crippen molar-refractivity contribution in [2.75, 3.05) is 34.0 Å². The second-order valence-electron chi connectivity index (χ2n) is 7.12. The molecular weight excluding hydrogens is 517 g/mol. The molecule has 0 radical (unpaired) electrons. The van der Waals surface area contributed by atoms with E-state index in [1.807, 2.05) is 36.4 Å². The van der Waals surface area contributed by atoms with E-state index in [1.165, 1.54) is 0 Å². The number of hydrogen-bond donors (Lipinski definition) is 2. The number of ether oxygens (including phenoxy) is 3. The van der Waals surface area contributed by atoms with Crippen LogP contribution in [0.4, 0.5) is 0 Å². The zero-order valence-electron chi connectivity index (χ0n) is 17.3. The largest absolute Gasteiger partial charge is 0.493 e. The molecule has 6 nitrogen and oxygen atoms in total. The molecule has 1 aliphatic heterocycles. The Morgan fingerprint density at radius 3 is 2.50 bits per heavy atom. The van der Waals surface area contributed by atoms with Gasteiger partial charge < -0.3 is 25.3 Å². The lowest BCUT2D eigenvalue weighted by Gasteiger charge is -2.38. The lowest BCUT2D eigenvalue weighted by atomic mass is 9.74. The molecule has 3 N–H and O–H groups in total. The first kappa shape index (κ1) is 24.6. The number of methoxy groups -OCH3 is 2. The van der Waals surface area contributed by atoms with Gasteiger partial charge in [-0.3, -0.25) is 0 Å². The van der Waals surface area contributed by atoms with Crippen molar-refractivity contribution in [1.29, 1.82) is 0 Å². The highest BCUT2D eigenvalue weighted by Gasteiger charge is 2.36. The third kappa shape index (κ3) is 5.92. The third-order valence-corrected chi connectivity index (χ3v) is 5.71. The Hall–Kier alpha value is -1.71. The summed E-state index contributed by atoms with van der Waals surface area (Å²) >= 11 is 6.50. The molecule has 3 rings (SSSR count). The van der Waals surface area contributed by atoms with Gasteiger partial charge in [-0.25, -0.2) is 4.99 Å². The number of hydrogen-bond acceptors (Lipinski definition) is 4. The van der Waals surface area contributed by atoms with Gasteiger partial charge in [0.15, 0.2) is 17.5 Å². The van der Waals surface area contributed by atoms with E-state index < -0.39 is 0 Å². The second kappa shape index (κ2) is 11.6. The van der Waals surface area contributed by atoms with E-state index in [1.54, 1.807) is 14.2 Å². The van der Waals surface area contributed by atoms with E-state index in [0.717, 1.165) is 29.0 Å². The Morgan fingerprint density at radius 2 is 1.83 bits per heavy atom. The van der Waals surface area contributed by atoms with Gasteiger partial charge >= 0.3 is 0 Å². The Bertz CT molecular complexity index is 857. The van der Waals surface area contributed by atoms with Crippen LogP contribution in [-0.4, -0.2) is 39.9 Å². The van der Waals surface area contributed by atoms with E-state index in [-0.39, 0.29) is 29.4 Å². The van der Waals surface area contributed by atoms with E-state index in [2.05, 4.69) is 16.4 Å². The zero-order chi connectivity index (χ0) is 20.7. The number of halogens is 2. The molecule has 0 bridgehead atoms. The maximum absolute atomic E-state index is 6.50. The summed E-state index contributed by atoms with van der Waals surface area (Å²) < 4.78 is 16.2. The quantitative estimate of drug-likeness (QED) is 0.311. The second-order valence-corrected chi connectivity index (χ2v) is 7.52. The minimum atomic E-state index is -0.125. The monoisotopic (exact) mass is 545 g/mol. The predicted octanol–water partition coefficient (Wildman–Crippen LogP) is 4.13. The third-order valence-electron chi connectivity index (χ3n) is 5.38. The number of benzene rings is 2. The molecule has 0 unspecified atom stereocenters. The van der Waals surface area contributed by atoms with Crippen molar-refractivity contribution in [3.05, 3.63) is 58.6 Å². The summed E-state index contributed by atoms with van der Waals surface area (Å²) in [6.45, 7) is 2.51. The number of aliphatic imine (C=N–C) groups is 1. The molecule has 8 heteroatoms. The smallest absolute Gasteiger partial charge is 0.188 e. The molecule has 1 fully saturated rings. The van der Waals surface area contributed by atoms with Crippen molar-refractivity contribution in [2.45, 2.75) is 24.8 Å². The average molecular weight is 546 g/mol. The van der Waals surface area contributed by atoms with Gasteiger partial charge in [-0.15, -0.1) is 24.0 Å². The molecule has 2 aromatic carbocycles. The molecule has 0 saturated carbocycles. The molecule has 164 valence electrons. The van der Waals surface area contributed by atoms with Crippen LogP contribution in [0.15, 0.2) is 47.5 Å². The van der Waals surface area contributed by atoms with E-state index in [0.29, 0.717) is 43.8 Å². The van der Waals surface area contributed by atoms with Crippen molar-refractivity contribution in [2.24, 2.45) is 10.7 Å². The van der Waals surface area contributed by atoms with Crippen LogP contribution in [0.5, 0.6) is 11.5 Å². The van der Waals surface area contributed by atoms with Crippen LogP contribution in [0.2, 0.25) is 5.02 Å². The van der Waals surface area contributed by atoms with Crippen molar-refractivity contribution in [3.8, 4) is 11.5 Å². The topological polar surface area (TPSA) is 78.1 Å². The van der Waals surface area contributed by atoms with Gasteiger partial charge in [0.2, 0.25) is 0 Å². The minimum Gasteiger partial charge on any atom is -0.493 e. The molecule has 1 aliphatic rings. The summed E-state index contributed by atoms with van der Waals surface area (Å²) in [7, 11) is 3.23. The van der Waals surface area contributed by atoms with Crippen LogP contribution in [0.1, 0.15) is 24.0 Å². The van der Waals surface area contributed by atoms with Crippen molar-refractivity contribution >= 4 is 41.5 Å². The molecule has 1 heterocycles. The molecule has 30 heavy (non-hydrogen) atoms. The fourth-order valence-corrected chi connectivity index (χ4v) is 4.00. The molecule has 0 aliphatic carbocycles. The maximum atomic E-state index is 6.50. The number of rotatable bonds is 7. The van der Waals surface area contributed by atoms with Crippen molar-refractivity contribution < 1.29 is 14.2 Å². The highest BCUT2D eigenvalue weighted by atomic mass is 127. The van der Waals surface area contributed by atoms with Gasteiger partial charge in [0, 0.05) is 30.2 Å². The maximum Gasteiger partial charge on any atom is 0.188 e. The summed E-state index contributed by atoms with van der Waals surface area (Å²) in [5, 5.41) is 4.07. The highest BCUT2D eigenvalue weighted by molar-refractivity contribution is 14.0. The van der Waals surface area contributed by atoms with Crippen LogP contribution >= 0.6 is 35.6 Å². The minimum absolute atomic E-state index is 0. The van der Waals surface area contributed by atoms with E-state index in [4.69, 9.17) is 31.5 Å². The van der Waals surface area contributed by atoms with Crippen LogP contribution in [-0.2, 0) is 16.7 Å². The lowest BCUT2D eigenvalue weighted by Crippen LogP contribution is -2.46. The van der Waals surface area contributed by atoms with Gasteiger partial charge in [-0.1, -0.05) is 35.9 Å². The first-order valence-corrected chi connectivity index (χ1v) is 10.0. The van der Waals surface area contributed by atoms with Gasteiger partial charge in [0.25, 0.3) is 0 Å². The van der Waals surface area contributed by atoms with Crippen molar-refractivity contribution in [3.63, 3.8) is 0 Å². The number of nitrogens with two attached hydrogens (primary N) is 1. The summed E-state index contributed by atoms with van der Waals surface area (Å²) in [4.78, 5) is 4.48. The molecule has 0 aromatic heterocycles. The number of nitrogens with zero attached hydrogens (tertiary/aromatic N) is 1. The van der Waals surface area contributed by atoms with Crippen LogP contribution in [0, 0.1) is 0 Å². The molecule has 0 spiro atoms. The Labute approximate surface area is 200 Å². The van der Waals surface area contributed by atoms with E-state index in [9.17, 15) is 0 Å². The molecule has 0 atom stereocenters. The average Bonchev–Trinajstić information content (AvgIpc) is 2.77. The Morgan fingerprint density at radius 1 is 1.13 bits per heavy atom. The Balaban J connectivity index is 0.00000320. The SMILES string of the molecule is COc1ccc(CN=C(N)NCC2(c3ccccc3Cl)CCOCC2)cc1OC.I. The fourth-order valence-electron chi connectivity index (χ4n) is 3.67.